The zero-order valence-electron chi connectivity index (χ0n) is 12.8. The van der Waals surface area contributed by atoms with E-state index < -0.39 is 0 Å². The second-order valence-electron chi connectivity index (χ2n) is 5.20. The number of ether oxygens (including phenoxy) is 1. The molecule has 0 fully saturated rings. The predicted octanol–water partition coefficient (Wildman–Crippen LogP) is 2.37. The maximum absolute atomic E-state index is 12.7. The summed E-state index contributed by atoms with van der Waals surface area (Å²) in [5, 5.41) is 8.30. The molecule has 0 N–H and O–H groups in total. The molecule has 0 atom stereocenters. The molecule has 5 nitrogen and oxygen atoms in total. The topological polar surface area (TPSA) is 56.5 Å². The predicted molar refractivity (Wildman–Crippen MR) is 94.3 cm³/mol. The average molecular weight is 335 g/mol. The molecule has 0 aliphatic heterocycles. The van der Waals surface area contributed by atoms with Crippen LogP contribution in [0.5, 0.6) is 5.75 Å². The minimum absolute atomic E-state index is 0.102. The van der Waals surface area contributed by atoms with Gasteiger partial charge in [0.1, 0.15) is 5.75 Å². The number of hydrogen-bond acceptors (Lipinski definition) is 5. The van der Waals surface area contributed by atoms with Gasteiger partial charge in [-0.1, -0.05) is 41.7 Å². The van der Waals surface area contributed by atoms with Crippen LogP contribution in [-0.2, 0) is 0 Å². The third kappa shape index (κ3) is 2.47. The summed E-state index contributed by atoms with van der Waals surface area (Å²) < 4.78 is 7.36. The number of thiazole rings is 1. The molecular weight excluding hydrogens is 322 g/mol. The number of nitrogens with zero attached hydrogens (tertiary/aromatic N) is 3. The quantitative estimate of drug-likeness (QED) is 0.577. The van der Waals surface area contributed by atoms with Gasteiger partial charge in [-0.15, -0.1) is 10.2 Å². The molecule has 2 aromatic heterocycles. The molecule has 0 spiro atoms. The summed E-state index contributed by atoms with van der Waals surface area (Å²) >= 11 is 1.34. The molecule has 0 unspecified atom stereocenters. The standard InChI is InChI=1S/C18H13N3O2S/c1-23-14-9-7-13(8-10-14)16-19-20-18-21(16)17(22)15(24-18)11-12-5-3-2-4-6-12/h2-11H,1H3. The SMILES string of the molecule is COc1ccc(-c2nnc3sc(=Cc4ccccc4)c(=O)n23)cc1. The molecule has 0 bridgehead atoms. The fraction of sp³-hybridized carbons (Fsp3) is 0.0556. The van der Waals surface area contributed by atoms with Crippen LogP contribution in [0.3, 0.4) is 0 Å². The number of fused-ring (bicyclic) bond motifs is 1. The highest BCUT2D eigenvalue weighted by Crippen LogP contribution is 2.21. The summed E-state index contributed by atoms with van der Waals surface area (Å²) in [6.07, 6.45) is 1.87. The highest BCUT2D eigenvalue weighted by Gasteiger charge is 2.14. The summed E-state index contributed by atoms with van der Waals surface area (Å²) in [5.74, 6) is 1.30. The highest BCUT2D eigenvalue weighted by molar-refractivity contribution is 7.15. The fourth-order valence-electron chi connectivity index (χ4n) is 2.49. The van der Waals surface area contributed by atoms with Crippen molar-refractivity contribution < 1.29 is 4.74 Å². The molecule has 0 saturated carbocycles. The van der Waals surface area contributed by atoms with E-state index >= 15 is 0 Å². The largest absolute Gasteiger partial charge is 0.497 e. The van der Waals surface area contributed by atoms with Gasteiger partial charge in [-0.05, 0) is 35.9 Å². The van der Waals surface area contributed by atoms with Gasteiger partial charge in [0.2, 0.25) is 4.96 Å². The van der Waals surface area contributed by atoms with Gasteiger partial charge in [-0.3, -0.25) is 4.79 Å². The number of rotatable bonds is 3. The number of aromatic nitrogens is 3. The first kappa shape index (κ1) is 14.6. The van der Waals surface area contributed by atoms with E-state index in [-0.39, 0.29) is 5.56 Å². The Balaban J connectivity index is 1.87. The second-order valence-corrected chi connectivity index (χ2v) is 6.21. The second kappa shape index (κ2) is 5.90. The van der Waals surface area contributed by atoms with Crippen LogP contribution in [0, 0.1) is 0 Å². The number of methoxy groups -OCH3 is 1. The van der Waals surface area contributed by atoms with Crippen molar-refractivity contribution in [1.82, 2.24) is 14.6 Å². The lowest BCUT2D eigenvalue weighted by Gasteiger charge is -2.00. The highest BCUT2D eigenvalue weighted by atomic mass is 32.1. The molecule has 0 saturated heterocycles. The van der Waals surface area contributed by atoms with Crippen LogP contribution in [-0.4, -0.2) is 21.7 Å². The third-order valence-corrected chi connectivity index (χ3v) is 4.65. The molecule has 0 radical (unpaired) electrons. The van der Waals surface area contributed by atoms with Crippen LogP contribution in [0.2, 0.25) is 0 Å². The number of benzene rings is 2. The van der Waals surface area contributed by atoms with E-state index in [0.717, 1.165) is 16.9 Å². The van der Waals surface area contributed by atoms with Crippen molar-refractivity contribution >= 4 is 22.4 Å². The lowest BCUT2D eigenvalue weighted by atomic mass is 10.2. The van der Waals surface area contributed by atoms with Crippen molar-refractivity contribution in [3.63, 3.8) is 0 Å². The summed E-state index contributed by atoms with van der Waals surface area (Å²) in [6, 6.07) is 17.2. The first-order valence-electron chi connectivity index (χ1n) is 7.35. The summed E-state index contributed by atoms with van der Waals surface area (Å²) in [5.41, 5.74) is 1.71. The molecular formula is C18H13N3O2S. The van der Waals surface area contributed by atoms with Crippen LogP contribution >= 0.6 is 11.3 Å². The summed E-state index contributed by atoms with van der Waals surface area (Å²) in [4.78, 5) is 13.3. The Kier molecular flexibility index (Phi) is 3.59. The lowest BCUT2D eigenvalue weighted by molar-refractivity contribution is 0.415. The molecule has 0 aliphatic carbocycles. The maximum Gasteiger partial charge on any atom is 0.276 e. The Morgan fingerprint density at radius 3 is 2.50 bits per heavy atom. The van der Waals surface area contributed by atoms with Crippen molar-refractivity contribution in [3.8, 4) is 17.1 Å². The van der Waals surface area contributed by atoms with Gasteiger partial charge in [-0.2, -0.15) is 0 Å². The molecule has 6 heteroatoms. The maximum atomic E-state index is 12.7. The van der Waals surface area contributed by atoms with Crippen molar-refractivity contribution in [1.29, 1.82) is 0 Å². The van der Waals surface area contributed by atoms with Crippen molar-refractivity contribution in [3.05, 3.63) is 75.0 Å². The van der Waals surface area contributed by atoms with Gasteiger partial charge >= 0.3 is 0 Å². The monoisotopic (exact) mass is 335 g/mol. The van der Waals surface area contributed by atoms with Crippen molar-refractivity contribution in [2.24, 2.45) is 0 Å². The van der Waals surface area contributed by atoms with Crippen molar-refractivity contribution in [2.75, 3.05) is 7.11 Å². The molecule has 0 amide bonds. The first-order valence-corrected chi connectivity index (χ1v) is 8.17. The fourth-order valence-corrected chi connectivity index (χ4v) is 3.40. The smallest absolute Gasteiger partial charge is 0.276 e. The molecule has 0 aliphatic rings. The van der Waals surface area contributed by atoms with E-state index in [1.165, 1.54) is 11.3 Å². The minimum atomic E-state index is -0.102. The molecule has 4 rings (SSSR count). The average Bonchev–Trinajstić information content (AvgIpc) is 3.17. The van der Waals surface area contributed by atoms with E-state index in [9.17, 15) is 4.79 Å². The Labute approximate surface area is 141 Å². The third-order valence-electron chi connectivity index (χ3n) is 3.69. The Bertz CT molecular complexity index is 1100. The molecule has 2 aromatic carbocycles. The van der Waals surface area contributed by atoms with E-state index in [0.29, 0.717) is 15.3 Å². The number of hydrogen-bond donors (Lipinski definition) is 0. The Morgan fingerprint density at radius 1 is 1.04 bits per heavy atom. The van der Waals surface area contributed by atoms with Crippen LogP contribution in [0.1, 0.15) is 5.56 Å². The van der Waals surface area contributed by atoms with Gasteiger partial charge in [0.05, 0.1) is 11.6 Å². The molecule has 4 aromatic rings. The Morgan fingerprint density at radius 2 is 1.79 bits per heavy atom. The van der Waals surface area contributed by atoms with E-state index in [4.69, 9.17) is 4.74 Å². The van der Waals surface area contributed by atoms with Crippen LogP contribution < -0.4 is 14.8 Å². The van der Waals surface area contributed by atoms with Crippen LogP contribution in [0.25, 0.3) is 22.4 Å². The summed E-state index contributed by atoms with van der Waals surface area (Å²) in [6.45, 7) is 0. The van der Waals surface area contributed by atoms with E-state index in [2.05, 4.69) is 10.2 Å². The lowest BCUT2D eigenvalue weighted by Crippen LogP contribution is -2.23. The summed E-state index contributed by atoms with van der Waals surface area (Å²) in [7, 11) is 1.62. The van der Waals surface area contributed by atoms with E-state index in [1.807, 2.05) is 60.7 Å². The molecule has 24 heavy (non-hydrogen) atoms. The van der Waals surface area contributed by atoms with Gasteiger partial charge in [0.15, 0.2) is 5.82 Å². The molecule has 118 valence electrons. The van der Waals surface area contributed by atoms with Crippen LogP contribution in [0.4, 0.5) is 0 Å². The zero-order valence-corrected chi connectivity index (χ0v) is 13.7. The van der Waals surface area contributed by atoms with Gasteiger partial charge in [0.25, 0.3) is 5.56 Å². The van der Waals surface area contributed by atoms with Gasteiger partial charge in [-0.25, -0.2) is 4.40 Å². The van der Waals surface area contributed by atoms with Gasteiger partial charge < -0.3 is 4.74 Å². The molecule has 2 heterocycles. The van der Waals surface area contributed by atoms with Crippen LogP contribution in [0.15, 0.2) is 59.4 Å². The van der Waals surface area contributed by atoms with Crippen molar-refractivity contribution in [2.45, 2.75) is 0 Å². The van der Waals surface area contributed by atoms with Gasteiger partial charge in [0, 0.05) is 5.56 Å². The zero-order chi connectivity index (χ0) is 16.5. The minimum Gasteiger partial charge on any atom is -0.497 e. The Hall–Kier alpha value is -2.99. The van der Waals surface area contributed by atoms with E-state index in [1.54, 1.807) is 11.5 Å². The normalized spacial score (nSPS) is 12.0. The first-order chi connectivity index (χ1) is 11.8.